The van der Waals surface area contributed by atoms with E-state index in [1.807, 2.05) is 0 Å². The van der Waals surface area contributed by atoms with Gasteiger partial charge in [0.15, 0.2) is 11.5 Å². The zero-order valence-corrected chi connectivity index (χ0v) is 83.5. The number of hydrogen-bond donors (Lipinski definition) is 0. The molecule has 2 atom stereocenters. The molecule has 16 rings (SSSR count). The highest BCUT2D eigenvalue weighted by Crippen LogP contribution is 2.66. The largest absolute Gasteiger partial charge is 0.453 e. The van der Waals surface area contributed by atoms with Gasteiger partial charge in [-0.1, -0.05) is 502 Å². The number of fused-ring (bicyclic) bond motifs is 14. The molecule has 0 saturated carbocycles. The Kier molecular flexibility index (Phi) is 34.2. The van der Waals surface area contributed by atoms with Crippen molar-refractivity contribution in [3.63, 3.8) is 0 Å². The lowest BCUT2D eigenvalue weighted by molar-refractivity contribution is 0.395. The lowest BCUT2D eigenvalue weighted by Crippen LogP contribution is -2.27. The van der Waals surface area contributed by atoms with E-state index >= 15 is 0 Å². The normalized spacial score (nSPS) is 15.9. The average molecular weight is 1760 g/mol. The third-order valence-corrected chi connectivity index (χ3v) is 32.9. The number of hydrogen-bond acceptors (Lipinski definition) is 2. The number of ether oxygens (including phenoxy) is 1. The lowest BCUT2D eigenvalue weighted by atomic mass is 9.68. The number of anilines is 3. The second-order valence-electron chi connectivity index (χ2n) is 41.8. The maximum Gasteiger partial charge on any atom is 0.152 e. The highest BCUT2D eigenvalue weighted by Gasteiger charge is 2.51. The fraction of sp³-hybridized carbons (Fsp3) is 0.492. The first-order chi connectivity index (χ1) is 65.2. The number of benzene rings is 11. The maximum atomic E-state index is 7.91. The average Bonchev–Trinajstić information content (AvgIpc) is 1.53. The second-order valence-corrected chi connectivity index (χ2v) is 41.8. The first-order valence-corrected chi connectivity index (χ1v) is 55.0. The van der Waals surface area contributed by atoms with Crippen LogP contribution >= 0.6 is 0 Å². The van der Waals surface area contributed by atoms with E-state index in [1.54, 1.807) is 55.6 Å². The number of para-hydroxylation sites is 1. The third kappa shape index (κ3) is 20.6. The first-order valence-electron chi connectivity index (χ1n) is 55.0. The van der Waals surface area contributed by atoms with Gasteiger partial charge in [0.1, 0.15) is 0 Å². The molecule has 11 aromatic carbocycles. The van der Waals surface area contributed by atoms with Gasteiger partial charge < -0.3 is 9.64 Å². The molecule has 0 fully saturated rings. The molecule has 0 radical (unpaired) electrons. The van der Waals surface area contributed by atoms with Crippen molar-refractivity contribution in [2.75, 3.05) is 4.90 Å². The summed E-state index contributed by atoms with van der Waals surface area (Å²) in [6.07, 6.45) is 66.9. The minimum absolute atomic E-state index is 0.00393. The summed E-state index contributed by atoms with van der Waals surface area (Å²) in [7, 11) is 0. The van der Waals surface area contributed by atoms with Crippen molar-refractivity contribution in [2.45, 2.75) is 411 Å². The summed E-state index contributed by atoms with van der Waals surface area (Å²) in [5.41, 5.74) is 37.8. The smallest absolute Gasteiger partial charge is 0.152 e. The molecule has 4 aliphatic carbocycles. The molecule has 132 heavy (non-hydrogen) atoms. The van der Waals surface area contributed by atoms with Gasteiger partial charge in [0.25, 0.3) is 0 Å². The SMILES string of the molecule is CCCCCCCCC1(CCCCCCC)c2ccccc2-c2cc3c(cc21)-c1ccc(-c2ccc4c(c2)Oc2cc(-c5ccc6c(c5)C(CCCCCCC)(CCCCCCCC)c5cc7c(cc5-6)C(CCCCCCCC)(CCCCCCCC)c5ccccc5-7)ccc2N4c2c(-c4ccccc4)cccc2-c2ccccc2)cc1C3(CCCCCCC)CCCCCCC. The van der Waals surface area contributed by atoms with Crippen LogP contribution in [0.15, 0.2) is 224 Å². The Morgan fingerprint density at radius 1 is 0.174 bits per heavy atom. The standard InChI is InChI=1S/C130H165NO/c1-9-17-25-33-41-59-83-127(82-55-37-29-21-13-5)114-72-53-51-68-106(114)110-94-120-112(96-118(110)127)108-78-74-100(90-116(108)129(120,86-56-38-30-22-14-6)87-57-39-31-23-15-7)102-76-80-122-124(92-102)132-125-93-103(77-81-123(125)131(122)126-104(98-64-47-45-48-65-98)70-63-71-105(126)99-66-49-46-50-67-99)101-75-79-109-113-97-119-111(95-121(113)130(117(109)91-101,88-58-40-32-24-16-8)89-62-44-36-28-20-12-4)107-69-52-54-73-115(107)128(119,84-60-42-34-26-18-10-2)85-61-43-35-27-19-11-3/h45-54,63-81,90-97H,9-44,55-62,82-89H2,1-8H3. The van der Waals surface area contributed by atoms with Gasteiger partial charge in [0.05, 0.1) is 17.1 Å². The molecule has 0 aromatic heterocycles. The number of rotatable bonds is 57. The third-order valence-electron chi connectivity index (χ3n) is 32.9. The summed E-state index contributed by atoms with van der Waals surface area (Å²) < 4.78 is 7.91. The molecule has 1 aliphatic heterocycles. The van der Waals surface area contributed by atoms with E-state index in [1.165, 1.54) is 412 Å². The van der Waals surface area contributed by atoms with Crippen LogP contribution in [0, 0.1) is 0 Å². The number of nitrogens with zero attached hydrogens (tertiary/aromatic N) is 1. The van der Waals surface area contributed by atoms with Crippen LogP contribution in [-0.4, -0.2) is 0 Å². The first kappa shape index (κ1) is 96.2. The summed E-state index contributed by atoms with van der Waals surface area (Å²) in [6, 6.07) is 90.9. The molecule has 2 heteroatoms. The summed E-state index contributed by atoms with van der Waals surface area (Å²) in [6.45, 7) is 19.0. The van der Waals surface area contributed by atoms with E-state index in [2.05, 4.69) is 285 Å². The van der Waals surface area contributed by atoms with Crippen LogP contribution in [0.2, 0.25) is 0 Å². The Morgan fingerprint density at radius 3 is 0.697 bits per heavy atom. The van der Waals surface area contributed by atoms with Crippen molar-refractivity contribution in [1.82, 2.24) is 0 Å². The molecule has 0 spiro atoms. The van der Waals surface area contributed by atoms with Crippen LogP contribution in [0.5, 0.6) is 11.5 Å². The molecule has 0 bridgehead atoms. The summed E-state index contributed by atoms with van der Waals surface area (Å²) in [5, 5.41) is 0. The highest BCUT2D eigenvalue weighted by atomic mass is 16.5. The minimum atomic E-state index is -0.126. The second kappa shape index (κ2) is 47.0. The van der Waals surface area contributed by atoms with Crippen molar-refractivity contribution < 1.29 is 4.74 Å². The fourth-order valence-corrected chi connectivity index (χ4v) is 25.7. The Labute approximate surface area is 801 Å². The topological polar surface area (TPSA) is 12.5 Å². The predicted octanol–water partition coefficient (Wildman–Crippen LogP) is 41.4. The van der Waals surface area contributed by atoms with Gasteiger partial charge in [-0.15, -0.1) is 0 Å². The van der Waals surface area contributed by atoms with Gasteiger partial charge in [-0.2, -0.15) is 0 Å². The molecule has 1 heterocycles. The van der Waals surface area contributed by atoms with Gasteiger partial charge in [-0.3, -0.25) is 0 Å². The molecule has 2 unspecified atom stereocenters. The van der Waals surface area contributed by atoms with Crippen LogP contribution in [0.4, 0.5) is 17.1 Å². The lowest BCUT2D eigenvalue weighted by Gasteiger charge is -2.36. The zero-order valence-electron chi connectivity index (χ0n) is 83.5. The van der Waals surface area contributed by atoms with Crippen molar-refractivity contribution in [3.05, 3.63) is 269 Å². The minimum Gasteiger partial charge on any atom is -0.453 e. The van der Waals surface area contributed by atoms with E-state index in [0.717, 1.165) is 28.6 Å². The summed E-state index contributed by atoms with van der Waals surface area (Å²) in [4.78, 5) is 2.60. The van der Waals surface area contributed by atoms with Crippen molar-refractivity contribution in [2.24, 2.45) is 0 Å². The van der Waals surface area contributed by atoms with E-state index in [0.29, 0.717) is 0 Å². The van der Waals surface area contributed by atoms with Crippen LogP contribution in [0.1, 0.15) is 434 Å². The summed E-state index contributed by atoms with van der Waals surface area (Å²) in [5.74, 6) is 1.77. The quantitative estimate of drug-likeness (QED) is 0.0352. The molecular weight excluding hydrogens is 1590 g/mol. The van der Waals surface area contributed by atoms with E-state index in [-0.39, 0.29) is 21.7 Å². The monoisotopic (exact) mass is 1760 g/mol. The predicted molar refractivity (Wildman–Crippen MR) is 573 cm³/mol. The Balaban J connectivity index is 0.852. The van der Waals surface area contributed by atoms with Gasteiger partial charge in [0, 0.05) is 32.8 Å². The van der Waals surface area contributed by atoms with E-state index in [9.17, 15) is 0 Å². The van der Waals surface area contributed by atoms with Crippen molar-refractivity contribution >= 4 is 17.1 Å². The van der Waals surface area contributed by atoms with Crippen LogP contribution < -0.4 is 9.64 Å². The molecule has 0 amide bonds. The molecule has 2 nitrogen and oxygen atoms in total. The highest BCUT2D eigenvalue weighted by molar-refractivity contribution is 6.02. The Hall–Kier alpha value is -8.98. The van der Waals surface area contributed by atoms with Gasteiger partial charge in [-0.25, -0.2) is 0 Å². The van der Waals surface area contributed by atoms with E-state index in [4.69, 9.17) is 4.74 Å². The molecule has 0 N–H and O–H groups in total. The molecular formula is C130H165NO. The maximum absolute atomic E-state index is 7.91. The molecule has 5 aliphatic rings. The van der Waals surface area contributed by atoms with Crippen LogP contribution in [0.25, 0.3) is 89.0 Å². The zero-order chi connectivity index (χ0) is 91.0. The Bertz CT molecular complexity index is 5410. The van der Waals surface area contributed by atoms with Gasteiger partial charge in [-0.05, 0) is 234 Å². The number of unbranched alkanes of at least 4 members (excludes halogenated alkanes) is 36. The molecule has 0 saturated heterocycles. The molecule has 696 valence electrons. The van der Waals surface area contributed by atoms with E-state index < -0.39 is 0 Å². The molecule has 11 aromatic rings. The van der Waals surface area contributed by atoms with Crippen molar-refractivity contribution in [3.8, 4) is 101 Å². The van der Waals surface area contributed by atoms with Gasteiger partial charge in [0.2, 0.25) is 0 Å². The van der Waals surface area contributed by atoms with Crippen molar-refractivity contribution in [1.29, 1.82) is 0 Å². The van der Waals surface area contributed by atoms with Crippen LogP contribution in [0.3, 0.4) is 0 Å². The fourth-order valence-electron chi connectivity index (χ4n) is 25.7. The summed E-state index contributed by atoms with van der Waals surface area (Å²) >= 11 is 0. The van der Waals surface area contributed by atoms with Crippen LogP contribution in [-0.2, 0) is 21.7 Å². The van der Waals surface area contributed by atoms with Gasteiger partial charge >= 0.3 is 0 Å². The Morgan fingerprint density at radius 2 is 0.402 bits per heavy atom.